The predicted octanol–water partition coefficient (Wildman–Crippen LogP) is 3.45. The second-order valence-electron chi connectivity index (χ2n) is 7.96. The van der Waals surface area contributed by atoms with E-state index in [1.165, 1.54) is 0 Å². The van der Waals surface area contributed by atoms with Gasteiger partial charge in [-0.1, -0.05) is 38.1 Å². The standard InChI is InChI=1S/C22H27N3O2/c1-15-9-10-17(21(27)25-12-11-19(23)22(2,3)14-25)13-18(15)24-20(26)16-7-5-4-6-8-16/h4-10,13,19H,11-12,14,23H2,1-3H3,(H,24,26). The van der Waals surface area contributed by atoms with Gasteiger partial charge in [0.25, 0.3) is 11.8 Å². The summed E-state index contributed by atoms with van der Waals surface area (Å²) >= 11 is 0. The average molecular weight is 365 g/mol. The number of amides is 2. The highest BCUT2D eigenvalue weighted by molar-refractivity contribution is 6.05. The molecular weight excluding hydrogens is 338 g/mol. The van der Waals surface area contributed by atoms with Gasteiger partial charge >= 0.3 is 0 Å². The lowest BCUT2D eigenvalue weighted by molar-refractivity contribution is 0.0533. The number of nitrogens with one attached hydrogen (secondary N) is 1. The molecule has 0 radical (unpaired) electrons. The van der Waals surface area contributed by atoms with Crippen LogP contribution < -0.4 is 11.1 Å². The molecule has 0 saturated carbocycles. The van der Waals surface area contributed by atoms with E-state index in [1.807, 2.05) is 42.2 Å². The smallest absolute Gasteiger partial charge is 0.255 e. The highest BCUT2D eigenvalue weighted by Crippen LogP contribution is 2.29. The molecule has 5 heteroatoms. The lowest BCUT2D eigenvalue weighted by Crippen LogP contribution is -2.54. The van der Waals surface area contributed by atoms with Gasteiger partial charge < -0.3 is 16.0 Å². The van der Waals surface area contributed by atoms with E-state index in [0.29, 0.717) is 29.9 Å². The molecule has 1 aliphatic rings. The fourth-order valence-corrected chi connectivity index (χ4v) is 3.40. The molecule has 3 N–H and O–H groups in total. The van der Waals surface area contributed by atoms with Crippen LogP contribution in [0.25, 0.3) is 0 Å². The molecule has 2 amide bonds. The maximum atomic E-state index is 13.0. The largest absolute Gasteiger partial charge is 0.338 e. The molecule has 3 rings (SSSR count). The minimum absolute atomic E-state index is 0.0230. The van der Waals surface area contributed by atoms with E-state index in [0.717, 1.165) is 12.0 Å². The summed E-state index contributed by atoms with van der Waals surface area (Å²) in [5.41, 5.74) is 8.81. The Labute approximate surface area is 160 Å². The van der Waals surface area contributed by atoms with Crippen LogP contribution in [0.3, 0.4) is 0 Å². The summed E-state index contributed by atoms with van der Waals surface area (Å²) in [6.45, 7) is 7.39. The van der Waals surface area contributed by atoms with E-state index >= 15 is 0 Å². The highest BCUT2D eigenvalue weighted by atomic mass is 16.2. The van der Waals surface area contributed by atoms with Crippen molar-refractivity contribution in [2.45, 2.75) is 33.2 Å². The Bertz CT molecular complexity index is 846. The molecule has 0 aromatic heterocycles. The summed E-state index contributed by atoms with van der Waals surface area (Å²) < 4.78 is 0. The first kappa shape index (κ1) is 19.1. The minimum atomic E-state index is -0.187. The van der Waals surface area contributed by atoms with Gasteiger partial charge in [0.2, 0.25) is 0 Å². The molecule has 0 bridgehead atoms. The number of likely N-dealkylation sites (tertiary alicyclic amines) is 1. The predicted molar refractivity (Wildman–Crippen MR) is 108 cm³/mol. The third-order valence-electron chi connectivity index (χ3n) is 5.37. The van der Waals surface area contributed by atoms with E-state index in [9.17, 15) is 9.59 Å². The van der Waals surface area contributed by atoms with Crippen molar-refractivity contribution in [2.75, 3.05) is 18.4 Å². The molecule has 0 spiro atoms. The number of nitrogens with two attached hydrogens (primary N) is 1. The van der Waals surface area contributed by atoms with Crippen molar-refractivity contribution in [3.8, 4) is 0 Å². The number of benzene rings is 2. The molecule has 1 atom stereocenters. The van der Waals surface area contributed by atoms with Gasteiger partial charge in [0.15, 0.2) is 0 Å². The Balaban J connectivity index is 1.79. The number of hydrogen-bond donors (Lipinski definition) is 2. The quantitative estimate of drug-likeness (QED) is 0.875. The summed E-state index contributed by atoms with van der Waals surface area (Å²) in [5, 5.41) is 2.92. The highest BCUT2D eigenvalue weighted by Gasteiger charge is 2.35. The van der Waals surface area contributed by atoms with Gasteiger partial charge in [0.1, 0.15) is 0 Å². The number of carbonyl (C=O) groups is 2. The van der Waals surface area contributed by atoms with Crippen LogP contribution in [0, 0.1) is 12.3 Å². The van der Waals surface area contributed by atoms with Gasteiger partial charge in [-0.3, -0.25) is 9.59 Å². The molecule has 1 fully saturated rings. The molecule has 0 aliphatic carbocycles. The van der Waals surface area contributed by atoms with Gasteiger partial charge in [0.05, 0.1) is 0 Å². The topological polar surface area (TPSA) is 75.4 Å². The van der Waals surface area contributed by atoms with Crippen LogP contribution in [0.5, 0.6) is 0 Å². The molecule has 1 unspecified atom stereocenters. The second kappa shape index (κ2) is 7.53. The first-order chi connectivity index (χ1) is 12.8. The molecule has 2 aromatic carbocycles. The molecule has 5 nitrogen and oxygen atoms in total. The number of carbonyl (C=O) groups excluding carboxylic acids is 2. The van der Waals surface area contributed by atoms with Crippen LogP contribution in [-0.4, -0.2) is 35.8 Å². The molecule has 27 heavy (non-hydrogen) atoms. The lowest BCUT2D eigenvalue weighted by atomic mass is 9.79. The van der Waals surface area contributed by atoms with Crippen LogP contribution in [0.15, 0.2) is 48.5 Å². The molecule has 1 saturated heterocycles. The Morgan fingerprint density at radius 3 is 2.48 bits per heavy atom. The van der Waals surface area contributed by atoms with Crippen LogP contribution >= 0.6 is 0 Å². The lowest BCUT2D eigenvalue weighted by Gasteiger charge is -2.42. The van der Waals surface area contributed by atoms with Crippen LogP contribution in [0.4, 0.5) is 5.69 Å². The summed E-state index contributed by atoms with van der Waals surface area (Å²) in [4.78, 5) is 27.3. The number of piperidine rings is 1. The van der Waals surface area contributed by atoms with Gasteiger partial charge in [-0.2, -0.15) is 0 Å². The maximum Gasteiger partial charge on any atom is 0.255 e. The third kappa shape index (κ3) is 4.19. The summed E-state index contributed by atoms with van der Waals surface area (Å²) in [7, 11) is 0. The van der Waals surface area contributed by atoms with Crippen LogP contribution in [-0.2, 0) is 0 Å². The Morgan fingerprint density at radius 1 is 1.11 bits per heavy atom. The Kier molecular flexibility index (Phi) is 5.33. The van der Waals surface area contributed by atoms with E-state index in [1.54, 1.807) is 18.2 Å². The second-order valence-corrected chi connectivity index (χ2v) is 7.96. The maximum absolute atomic E-state index is 13.0. The number of anilines is 1. The zero-order chi connectivity index (χ0) is 19.6. The molecular formula is C22H27N3O2. The zero-order valence-electron chi connectivity index (χ0n) is 16.2. The number of rotatable bonds is 3. The van der Waals surface area contributed by atoms with Crippen molar-refractivity contribution in [3.05, 3.63) is 65.2 Å². The van der Waals surface area contributed by atoms with Crippen molar-refractivity contribution in [1.82, 2.24) is 4.90 Å². The molecule has 1 heterocycles. The summed E-state index contributed by atoms with van der Waals surface area (Å²) in [5.74, 6) is -0.210. The average Bonchev–Trinajstić information content (AvgIpc) is 2.65. The van der Waals surface area contributed by atoms with Crippen molar-refractivity contribution >= 4 is 17.5 Å². The summed E-state index contributed by atoms with van der Waals surface area (Å²) in [6, 6.07) is 14.6. The van der Waals surface area contributed by atoms with Crippen LogP contribution in [0.2, 0.25) is 0 Å². The van der Waals surface area contributed by atoms with Gasteiger partial charge in [-0.05, 0) is 48.6 Å². The first-order valence-corrected chi connectivity index (χ1v) is 9.30. The van der Waals surface area contributed by atoms with Gasteiger partial charge in [0, 0.05) is 35.9 Å². The van der Waals surface area contributed by atoms with Crippen molar-refractivity contribution in [1.29, 1.82) is 0 Å². The van der Waals surface area contributed by atoms with Crippen LogP contribution in [0.1, 0.15) is 46.5 Å². The monoisotopic (exact) mass is 365 g/mol. The third-order valence-corrected chi connectivity index (χ3v) is 5.37. The number of nitrogens with zero attached hydrogens (tertiary/aromatic N) is 1. The normalized spacial score (nSPS) is 18.8. The summed E-state index contributed by atoms with van der Waals surface area (Å²) in [6.07, 6.45) is 0.794. The van der Waals surface area contributed by atoms with Crippen molar-refractivity contribution in [2.24, 2.45) is 11.1 Å². The van der Waals surface area contributed by atoms with E-state index in [4.69, 9.17) is 5.73 Å². The van der Waals surface area contributed by atoms with Gasteiger partial charge in [-0.15, -0.1) is 0 Å². The Morgan fingerprint density at radius 2 is 1.81 bits per heavy atom. The van der Waals surface area contributed by atoms with E-state index in [-0.39, 0.29) is 23.3 Å². The molecule has 2 aromatic rings. The van der Waals surface area contributed by atoms with Gasteiger partial charge in [-0.25, -0.2) is 0 Å². The zero-order valence-corrected chi connectivity index (χ0v) is 16.2. The number of hydrogen-bond acceptors (Lipinski definition) is 3. The van der Waals surface area contributed by atoms with E-state index in [2.05, 4.69) is 19.2 Å². The van der Waals surface area contributed by atoms with Crippen molar-refractivity contribution in [3.63, 3.8) is 0 Å². The fourth-order valence-electron chi connectivity index (χ4n) is 3.40. The SMILES string of the molecule is Cc1ccc(C(=O)N2CCC(N)C(C)(C)C2)cc1NC(=O)c1ccccc1. The Hall–Kier alpha value is -2.66. The first-order valence-electron chi connectivity index (χ1n) is 9.30. The fraction of sp³-hybridized carbons (Fsp3) is 0.364. The molecule has 1 aliphatic heterocycles. The van der Waals surface area contributed by atoms with E-state index < -0.39 is 0 Å². The molecule has 142 valence electrons. The van der Waals surface area contributed by atoms with Crippen molar-refractivity contribution < 1.29 is 9.59 Å². The number of aryl methyl sites for hydroxylation is 1. The minimum Gasteiger partial charge on any atom is -0.338 e.